The molecule has 0 saturated carbocycles. The number of hydrogen-bond donors (Lipinski definition) is 2. The zero-order valence-electron chi connectivity index (χ0n) is 15.1. The Morgan fingerprint density at radius 2 is 1.86 bits per heavy atom. The minimum Gasteiger partial charge on any atom is -0.324 e. The highest BCUT2D eigenvalue weighted by Crippen LogP contribution is 2.21. The van der Waals surface area contributed by atoms with Crippen molar-refractivity contribution in [1.29, 1.82) is 0 Å². The zero-order chi connectivity index (χ0) is 20.1. The largest absolute Gasteiger partial charge is 0.324 e. The highest BCUT2D eigenvalue weighted by atomic mass is 35.5. The minimum atomic E-state index is -3.80. The summed E-state index contributed by atoms with van der Waals surface area (Å²) in [5.41, 5.74) is 2.23. The predicted molar refractivity (Wildman–Crippen MR) is 113 cm³/mol. The molecular weight excluding hydrogens is 416 g/mol. The molecule has 2 aromatic carbocycles. The molecule has 0 spiro atoms. The number of amides is 1. The molecule has 8 heteroatoms. The molecule has 0 bridgehead atoms. The van der Waals surface area contributed by atoms with E-state index in [0.29, 0.717) is 10.7 Å². The Bertz CT molecular complexity index is 1050. The van der Waals surface area contributed by atoms with E-state index < -0.39 is 22.0 Å². The van der Waals surface area contributed by atoms with Crippen molar-refractivity contribution in [2.75, 3.05) is 5.32 Å². The van der Waals surface area contributed by atoms with E-state index in [4.69, 9.17) is 11.6 Å². The second kappa shape index (κ2) is 8.87. The molecule has 0 aliphatic carbocycles. The monoisotopic (exact) mass is 434 g/mol. The lowest BCUT2D eigenvalue weighted by Gasteiger charge is -2.19. The molecule has 2 N–H and O–H groups in total. The van der Waals surface area contributed by atoms with Gasteiger partial charge in [0.25, 0.3) is 10.0 Å². The topological polar surface area (TPSA) is 75.3 Å². The molecule has 1 atom stereocenters. The van der Waals surface area contributed by atoms with E-state index in [-0.39, 0.29) is 10.6 Å². The summed E-state index contributed by atoms with van der Waals surface area (Å²) in [4.78, 5) is 12.9. The Balaban J connectivity index is 1.85. The Kier molecular flexibility index (Phi) is 6.51. The van der Waals surface area contributed by atoms with Gasteiger partial charge < -0.3 is 5.32 Å². The fraction of sp³-hybridized carbons (Fsp3) is 0.150. The summed E-state index contributed by atoms with van der Waals surface area (Å²) < 4.78 is 28.0. The fourth-order valence-electron chi connectivity index (χ4n) is 2.69. The average molecular weight is 435 g/mol. The summed E-state index contributed by atoms with van der Waals surface area (Å²) >= 11 is 7.07. The van der Waals surface area contributed by atoms with Crippen LogP contribution in [0.5, 0.6) is 0 Å². The molecule has 1 amide bonds. The van der Waals surface area contributed by atoms with E-state index in [2.05, 4.69) is 10.0 Å². The smallest absolute Gasteiger partial charge is 0.250 e. The molecule has 28 heavy (non-hydrogen) atoms. The molecule has 3 rings (SSSR count). The van der Waals surface area contributed by atoms with Gasteiger partial charge in [0.05, 0.1) is 0 Å². The van der Waals surface area contributed by atoms with E-state index in [1.165, 1.54) is 6.07 Å². The second-order valence-electron chi connectivity index (χ2n) is 6.24. The lowest BCUT2D eigenvalue weighted by Crippen LogP contribution is -2.45. The minimum absolute atomic E-state index is 0.168. The van der Waals surface area contributed by atoms with E-state index in [0.717, 1.165) is 22.5 Å². The van der Waals surface area contributed by atoms with Crippen molar-refractivity contribution in [1.82, 2.24) is 4.72 Å². The summed E-state index contributed by atoms with van der Waals surface area (Å²) in [7, 11) is -3.80. The van der Waals surface area contributed by atoms with Crippen LogP contribution < -0.4 is 10.0 Å². The Labute approximate surface area is 173 Å². The van der Waals surface area contributed by atoms with Crippen LogP contribution in [0, 0.1) is 6.92 Å². The predicted octanol–water partition coefficient (Wildman–Crippen LogP) is 4.24. The van der Waals surface area contributed by atoms with E-state index in [1.54, 1.807) is 29.6 Å². The molecule has 1 aromatic heterocycles. The number of rotatable bonds is 7. The molecule has 0 fully saturated rings. The number of halogens is 1. The molecule has 146 valence electrons. The normalized spacial score (nSPS) is 12.5. The van der Waals surface area contributed by atoms with Crippen LogP contribution in [0.1, 0.15) is 11.1 Å². The van der Waals surface area contributed by atoms with Gasteiger partial charge in [0, 0.05) is 10.7 Å². The Hall–Kier alpha value is -2.19. The standard InChI is InChI=1S/C20H19ClN2O3S2/c1-14-12-16(21)9-10-17(14)22-20(24)18(13-15-6-3-2-4-7-15)23-28(25,26)19-8-5-11-27-19/h2-12,18,23H,13H2,1H3,(H,22,24). The van der Waals surface area contributed by atoms with Gasteiger partial charge in [-0.1, -0.05) is 48.0 Å². The number of aryl methyl sites for hydroxylation is 1. The quantitative estimate of drug-likeness (QED) is 0.584. The first-order chi connectivity index (χ1) is 13.3. The van der Waals surface area contributed by atoms with Gasteiger partial charge in [-0.05, 0) is 54.1 Å². The lowest BCUT2D eigenvalue weighted by molar-refractivity contribution is -0.117. The average Bonchev–Trinajstić information content (AvgIpc) is 3.20. The summed E-state index contributed by atoms with van der Waals surface area (Å²) in [6.45, 7) is 1.82. The van der Waals surface area contributed by atoms with Gasteiger partial charge in [0.2, 0.25) is 5.91 Å². The SMILES string of the molecule is Cc1cc(Cl)ccc1NC(=O)C(Cc1ccccc1)NS(=O)(=O)c1cccs1. The van der Waals surface area contributed by atoms with Crippen LogP contribution in [-0.2, 0) is 21.2 Å². The van der Waals surface area contributed by atoms with Crippen LogP contribution in [0.2, 0.25) is 5.02 Å². The van der Waals surface area contributed by atoms with Crippen molar-refractivity contribution < 1.29 is 13.2 Å². The third-order valence-electron chi connectivity index (χ3n) is 4.10. The highest BCUT2D eigenvalue weighted by molar-refractivity contribution is 7.91. The van der Waals surface area contributed by atoms with Crippen LogP contribution in [0.15, 0.2) is 70.3 Å². The number of thiophene rings is 1. The van der Waals surface area contributed by atoms with Gasteiger partial charge in [-0.3, -0.25) is 4.79 Å². The van der Waals surface area contributed by atoms with Crippen molar-refractivity contribution in [3.63, 3.8) is 0 Å². The maximum absolute atomic E-state index is 12.9. The van der Waals surface area contributed by atoms with Crippen LogP contribution in [0.3, 0.4) is 0 Å². The van der Waals surface area contributed by atoms with Crippen molar-refractivity contribution in [2.45, 2.75) is 23.6 Å². The van der Waals surface area contributed by atoms with Crippen LogP contribution in [0.4, 0.5) is 5.69 Å². The molecule has 1 heterocycles. The summed E-state index contributed by atoms with van der Waals surface area (Å²) in [6, 6.07) is 16.6. The maximum Gasteiger partial charge on any atom is 0.250 e. The van der Waals surface area contributed by atoms with Gasteiger partial charge in [0.15, 0.2) is 0 Å². The highest BCUT2D eigenvalue weighted by Gasteiger charge is 2.27. The third-order valence-corrected chi connectivity index (χ3v) is 7.21. The summed E-state index contributed by atoms with van der Waals surface area (Å²) in [5, 5.41) is 5.05. The fourth-order valence-corrected chi connectivity index (χ4v) is 5.12. The van der Waals surface area contributed by atoms with E-state index in [9.17, 15) is 13.2 Å². The van der Waals surface area contributed by atoms with E-state index in [1.807, 2.05) is 37.3 Å². The molecule has 0 aliphatic rings. The third kappa shape index (κ3) is 5.20. The Morgan fingerprint density at radius 3 is 2.50 bits per heavy atom. The number of sulfonamides is 1. The van der Waals surface area contributed by atoms with Gasteiger partial charge in [-0.2, -0.15) is 4.72 Å². The molecule has 0 saturated heterocycles. The second-order valence-corrected chi connectivity index (χ2v) is 9.57. The van der Waals surface area contributed by atoms with Crippen molar-refractivity contribution in [2.24, 2.45) is 0 Å². The first kappa shape index (κ1) is 20.5. The summed E-state index contributed by atoms with van der Waals surface area (Å²) in [6.07, 6.45) is 0.226. The molecule has 3 aromatic rings. The van der Waals surface area contributed by atoms with Gasteiger partial charge in [0.1, 0.15) is 10.3 Å². The molecule has 0 radical (unpaired) electrons. The zero-order valence-corrected chi connectivity index (χ0v) is 17.4. The number of nitrogens with one attached hydrogen (secondary N) is 2. The number of anilines is 1. The molecular formula is C20H19ClN2O3S2. The van der Waals surface area contributed by atoms with Crippen LogP contribution in [0.25, 0.3) is 0 Å². The van der Waals surface area contributed by atoms with Gasteiger partial charge >= 0.3 is 0 Å². The first-order valence-electron chi connectivity index (χ1n) is 8.52. The Morgan fingerprint density at radius 1 is 1.11 bits per heavy atom. The molecule has 5 nitrogen and oxygen atoms in total. The first-order valence-corrected chi connectivity index (χ1v) is 11.3. The molecule has 0 aliphatic heterocycles. The van der Waals surface area contributed by atoms with E-state index >= 15 is 0 Å². The number of benzene rings is 2. The van der Waals surface area contributed by atoms with Crippen molar-refractivity contribution >= 4 is 44.6 Å². The number of carbonyl (C=O) groups is 1. The van der Waals surface area contributed by atoms with Crippen molar-refractivity contribution in [3.8, 4) is 0 Å². The van der Waals surface area contributed by atoms with Crippen molar-refractivity contribution in [3.05, 3.63) is 82.2 Å². The van der Waals surface area contributed by atoms with Crippen LogP contribution >= 0.6 is 22.9 Å². The molecule has 1 unspecified atom stereocenters. The number of carbonyl (C=O) groups excluding carboxylic acids is 1. The van der Waals surface area contributed by atoms with Gasteiger partial charge in [-0.15, -0.1) is 11.3 Å². The lowest BCUT2D eigenvalue weighted by atomic mass is 10.1. The maximum atomic E-state index is 12.9. The van der Waals surface area contributed by atoms with Gasteiger partial charge in [-0.25, -0.2) is 8.42 Å². The summed E-state index contributed by atoms with van der Waals surface area (Å²) in [5.74, 6) is -0.436. The van der Waals surface area contributed by atoms with Crippen LogP contribution in [-0.4, -0.2) is 20.4 Å². The number of hydrogen-bond acceptors (Lipinski definition) is 4.